The average Bonchev–Trinajstić information content (AvgIpc) is 3.81. The number of nitrogens with zero attached hydrogens (tertiary/aromatic N) is 2. The first-order valence-electron chi connectivity index (χ1n) is 21.1. The summed E-state index contributed by atoms with van der Waals surface area (Å²) >= 11 is 0. The van der Waals surface area contributed by atoms with Crippen molar-refractivity contribution in [3.05, 3.63) is 231 Å². The Kier molecular flexibility index (Phi) is 8.50. The third-order valence-electron chi connectivity index (χ3n) is 12.2. The number of hydrogen-bond donors (Lipinski definition) is 0. The topological polar surface area (TPSA) is 29.3 Å². The van der Waals surface area contributed by atoms with Gasteiger partial charge in [0.2, 0.25) is 5.89 Å². The number of oxazole rings is 1. The molecular formula is C59H38N2O. The molecule has 0 bridgehead atoms. The molecule has 0 atom stereocenters. The lowest BCUT2D eigenvalue weighted by molar-refractivity contribution is 0.621. The molecule has 0 aliphatic rings. The van der Waals surface area contributed by atoms with Gasteiger partial charge in [-0.1, -0.05) is 164 Å². The van der Waals surface area contributed by atoms with Gasteiger partial charge < -0.3 is 9.32 Å². The lowest BCUT2D eigenvalue weighted by atomic mass is 9.93. The van der Waals surface area contributed by atoms with Crippen LogP contribution in [-0.4, -0.2) is 4.98 Å². The molecular weight excluding hydrogens is 753 g/mol. The Bertz CT molecular complexity index is 3630. The Balaban J connectivity index is 1.00. The molecule has 3 heteroatoms. The highest BCUT2D eigenvalue weighted by atomic mass is 16.3. The summed E-state index contributed by atoms with van der Waals surface area (Å²) in [7, 11) is 0. The Morgan fingerprint density at radius 3 is 1.68 bits per heavy atom. The quantitative estimate of drug-likeness (QED) is 0.151. The Labute approximate surface area is 359 Å². The van der Waals surface area contributed by atoms with E-state index < -0.39 is 0 Å². The summed E-state index contributed by atoms with van der Waals surface area (Å²) < 4.78 is 6.65. The minimum Gasteiger partial charge on any atom is -0.435 e. The summed E-state index contributed by atoms with van der Waals surface area (Å²) in [4.78, 5) is 7.45. The van der Waals surface area contributed by atoms with E-state index in [2.05, 4.69) is 205 Å². The molecule has 0 radical (unpaired) electrons. The molecule has 0 fully saturated rings. The van der Waals surface area contributed by atoms with Gasteiger partial charge in [-0.2, -0.15) is 0 Å². The minimum absolute atomic E-state index is 0.620. The van der Waals surface area contributed by atoms with Crippen LogP contribution in [0.15, 0.2) is 235 Å². The molecule has 1 aromatic heterocycles. The second kappa shape index (κ2) is 14.8. The van der Waals surface area contributed by atoms with Crippen molar-refractivity contribution in [1.82, 2.24) is 4.98 Å². The fourth-order valence-electron chi connectivity index (χ4n) is 9.19. The number of anilines is 3. The lowest BCUT2D eigenvalue weighted by Gasteiger charge is -2.27. The molecule has 62 heavy (non-hydrogen) atoms. The normalized spacial score (nSPS) is 11.5. The van der Waals surface area contributed by atoms with Gasteiger partial charge in [0, 0.05) is 33.6 Å². The molecule has 0 saturated carbocycles. The zero-order valence-electron chi connectivity index (χ0n) is 33.7. The van der Waals surface area contributed by atoms with Gasteiger partial charge >= 0.3 is 0 Å². The van der Waals surface area contributed by atoms with Gasteiger partial charge in [0.05, 0.1) is 0 Å². The molecule has 1 heterocycles. The van der Waals surface area contributed by atoms with Gasteiger partial charge in [-0.3, -0.25) is 0 Å². The number of aromatic nitrogens is 1. The summed E-state index contributed by atoms with van der Waals surface area (Å²) in [6.45, 7) is 0. The molecule has 0 spiro atoms. The predicted molar refractivity (Wildman–Crippen MR) is 260 cm³/mol. The Morgan fingerprint density at radius 1 is 0.306 bits per heavy atom. The van der Waals surface area contributed by atoms with Gasteiger partial charge in [0.15, 0.2) is 5.58 Å². The lowest BCUT2D eigenvalue weighted by Crippen LogP contribution is -2.10. The van der Waals surface area contributed by atoms with Crippen molar-refractivity contribution in [2.75, 3.05) is 4.90 Å². The van der Waals surface area contributed by atoms with Crippen LogP contribution in [0.5, 0.6) is 0 Å². The van der Waals surface area contributed by atoms with Crippen LogP contribution in [0.1, 0.15) is 0 Å². The first-order chi connectivity index (χ1) is 30.7. The monoisotopic (exact) mass is 790 g/mol. The van der Waals surface area contributed by atoms with E-state index in [0.29, 0.717) is 5.89 Å². The second-order valence-electron chi connectivity index (χ2n) is 15.9. The molecule has 12 aromatic rings. The highest BCUT2D eigenvalue weighted by molar-refractivity contribution is 6.14. The largest absolute Gasteiger partial charge is 0.435 e. The van der Waals surface area contributed by atoms with Crippen molar-refractivity contribution in [1.29, 1.82) is 0 Å². The van der Waals surface area contributed by atoms with Crippen molar-refractivity contribution >= 4 is 71.3 Å². The van der Waals surface area contributed by atoms with Gasteiger partial charge in [0.25, 0.3) is 0 Å². The standard InChI is InChI=1S/C59H38N2O/c1-3-14-39(15-4-1)43-20-13-21-49(35-43)61(48-31-29-41(30-32-48)55-37-44-18-7-9-22-51(44)53-24-11-12-25-54(53)55)50-33-28-40-26-27-46(34-47(40)36-50)56-38-45-19-8-10-23-52(45)57-58(56)62-59(60-57)42-16-5-2-6-17-42/h1-38H. The van der Waals surface area contributed by atoms with Crippen LogP contribution < -0.4 is 4.90 Å². The fraction of sp³-hybridized carbons (Fsp3) is 0. The Hall–Kier alpha value is -8.27. The number of hydrogen-bond acceptors (Lipinski definition) is 3. The van der Waals surface area contributed by atoms with Crippen molar-refractivity contribution in [3.8, 4) is 44.8 Å². The molecule has 0 aliphatic carbocycles. The van der Waals surface area contributed by atoms with Crippen molar-refractivity contribution < 1.29 is 4.42 Å². The van der Waals surface area contributed by atoms with Crippen LogP contribution >= 0.6 is 0 Å². The van der Waals surface area contributed by atoms with Crippen LogP contribution in [0.25, 0.3) is 99.0 Å². The molecule has 0 amide bonds. The van der Waals surface area contributed by atoms with Crippen molar-refractivity contribution in [2.45, 2.75) is 0 Å². The van der Waals surface area contributed by atoms with E-state index in [1.54, 1.807) is 0 Å². The molecule has 0 N–H and O–H groups in total. The predicted octanol–water partition coefficient (Wildman–Crippen LogP) is 16.6. The maximum atomic E-state index is 6.65. The van der Waals surface area contributed by atoms with Crippen molar-refractivity contribution in [2.24, 2.45) is 0 Å². The second-order valence-corrected chi connectivity index (χ2v) is 15.9. The van der Waals surface area contributed by atoms with E-state index in [4.69, 9.17) is 9.40 Å². The first-order valence-corrected chi connectivity index (χ1v) is 21.1. The molecule has 0 unspecified atom stereocenters. The molecule has 0 aliphatic heterocycles. The van der Waals surface area contributed by atoms with Crippen LogP contribution in [-0.2, 0) is 0 Å². The first kappa shape index (κ1) is 35.7. The maximum absolute atomic E-state index is 6.65. The molecule has 290 valence electrons. The average molecular weight is 791 g/mol. The third-order valence-corrected chi connectivity index (χ3v) is 12.2. The summed E-state index contributed by atoms with van der Waals surface area (Å²) in [5.41, 5.74) is 12.7. The van der Waals surface area contributed by atoms with Gasteiger partial charge in [0.1, 0.15) is 5.52 Å². The highest BCUT2D eigenvalue weighted by Gasteiger charge is 2.19. The van der Waals surface area contributed by atoms with Gasteiger partial charge in [-0.05, 0) is 132 Å². The molecule has 11 aromatic carbocycles. The van der Waals surface area contributed by atoms with Gasteiger partial charge in [-0.15, -0.1) is 0 Å². The highest BCUT2D eigenvalue weighted by Crippen LogP contribution is 2.42. The zero-order chi connectivity index (χ0) is 41.0. The van der Waals surface area contributed by atoms with E-state index in [0.717, 1.165) is 72.0 Å². The number of rotatable bonds is 7. The fourth-order valence-corrected chi connectivity index (χ4v) is 9.19. The zero-order valence-corrected chi connectivity index (χ0v) is 33.7. The minimum atomic E-state index is 0.620. The number of fused-ring (bicyclic) bond motifs is 7. The van der Waals surface area contributed by atoms with Gasteiger partial charge in [-0.25, -0.2) is 4.98 Å². The van der Waals surface area contributed by atoms with E-state index >= 15 is 0 Å². The SMILES string of the molecule is c1ccc(-c2cccc(N(c3ccc(-c4cc5ccccc5c5ccccc45)cc3)c3ccc4ccc(-c5cc6ccccc6c6nc(-c7ccccc7)oc56)cc4c3)c2)cc1. The van der Waals surface area contributed by atoms with E-state index in [-0.39, 0.29) is 0 Å². The molecule has 0 saturated heterocycles. The summed E-state index contributed by atoms with van der Waals surface area (Å²) in [5, 5.41) is 9.53. The Morgan fingerprint density at radius 2 is 0.887 bits per heavy atom. The van der Waals surface area contributed by atoms with E-state index in [1.165, 1.54) is 38.2 Å². The van der Waals surface area contributed by atoms with Crippen LogP contribution in [0.4, 0.5) is 17.1 Å². The maximum Gasteiger partial charge on any atom is 0.227 e. The summed E-state index contributed by atoms with van der Waals surface area (Å²) in [6.07, 6.45) is 0. The summed E-state index contributed by atoms with van der Waals surface area (Å²) in [6, 6.07) is 82.6. The van der Waals surface area contributed by atoms with E-state index in [9.17, 15) is 0 Å². The van der Waals surface area contributed by atoms with Crippen LogP contribution in [0.3, 0.4) is 0 Å². The number of benzene rings is 11. The van der Waals surface area contributed by atoms with E-state index in [1.807, 2.05) is 30.3 Å². The third kappa shape index (κ3) is 6.18. The van der Waals surface area contributed by atoms with Crippen molar-refractivity contribution in [3.63, 3.8) is 0 Å². The van der Waals surface area contributed by atoms with Crippen LogP contribution in [0.2, 0.25) is 0 Å². The summed E-state index contributed by atoms with van der Waals surface area (Å²) in [5.74, 6) is 0.620. The molecule has 3 nitrogen and oxygen atoms in total. The smallest absolute Gasteiger partial charge is 0.227 e. The molecule has 12 rings (SSSR count). The van der Waals surface area contributed by atoms with Crippen LogP contribution in [0, 0.1) is 0 Å².